The van der Waals surface area contributed by atoms with Crippen molar-refractivity contribution < 1.29 is 43.5 Å². The summed E-state index contributed by atoms with van der Waals surface area (Å²) in [4.78, 5) is 8.56. The molecule has 0 heterocycles. The van der Waals surface area contributed by atoms with Crippen molar-refractivity contribution in [1.82, 2.24) is 0 Å². The molecule has 4 N–H and O–H groups in total. The summed E-state index contributed by atoms with van der Waals surface area (Å²) in [6, 6.07) is 7.06. The van der Waals surface area contributed by atoms with Crippen LogP contribution in [0.1, 0.15) is 0 Å². The summed E-state index contributed by atoms with van der Waals surface area (Å²) >= 11 is 0. The van der Waals surface area contributed by atoms with Crippen molar-refractivity contribution in [2.45, 2.75) is 0 Å². The lowest BCUT2D eigenvalue weighted by atomic mass is 10.3. The number of ether oxygens (including phenoxy) is 2. The van der Waals surface area contributed by atoms with Crippen molar-refractivity contribution in [3.05, 3.63) is 48.0 Å². The van der Waals surface area contributed by atoms with Gasteiger partial charge in [-0.15, -0.1) is 0 Å². The van der Waals surface area contributed by atoms with Gasteiger partial charge in [0.1, 0.15) is 11.6 Å². The van der Waals surface area contributed by atoms with Crippen molar-refractivity contribution in [2.24, 2.45) is 0 Å². The molecular weight excluding hydrogens is 330 g/mol. The number of halogens is 2. The lowest BCUT2D eigenvalue weighted by Gasteiger charge is -2.00. The van der Waals surface area contributed by atoms with E-state index in [1.807, 2.05) is 0 Å². The first-order valence-electron chi connectivity index (χ1n) is 6.18. The SMILES string of the molecule is COc1cc(F)ccc1O.COc1cc(F)ccc1O.O=C(O)O. The van der Waals surface area contributed by atoms with Gasteiger partial charge in [0.05, 0.1) is 14.2 Å². The molecule has 0 unspecified atom stereocenters. The number of hydrogen-bond donors (Lipinski definition) is 4. The first kappa shape index (κ1) is 20.8. The van der Waals surface area contributed by atoms with Crippen LogP contribution in [0.2, 0.25) is 0 Å². The average Bonchev–Trinajstić information content (AvgIpc) is 2.52. The van der Waals surface area contributed by atoms with Crippen LogP contribution in [0.4, 0.5) is 13.6 Å². The van der Waals surface area contributed by atoms with E-state index in [2.05, 4.69) is 9.47 Å². The second-order valence-electron chi connectivity index (χ2n) is 3.91. The molecule has 2 aromatic carbocycles. The monoisotopic (exact) mass is 346 g/mol. The molecule has 0 aromatic heterocycles. The van der Waals surface area contributed by atoms with E-state index in [9.17, 15) is 8.78 Å². The van der Waals surface area contributed by atoms with Crippen LogP contribution in [0, 0.1) is 11.6 Å². The average molecular weight is 346 g/mol. The summed E-state index contributed by atoms with van der Waals surface area (Å²) in [5, 5.41) is 31.8. The van der Waals surface area contributed by atoms with Crippen LogP contribution >= 0.6 is 0 Å². The minimum absolute atomic E-state index is 0.0519. The summed E-state index contributed by atoms with van der Waals surface area (Å²) in [5.74, 6) is -0.642. The van der Waals surface area contributed by atoms with Crippen LogP contribution in [-0.4, -0.2) is 40.8 Å². The molecule has 0 radical (unpaired) electrons. The van der Waals surface area contributed by atoms with Crippen molar-refractivity contribution in [3.63, 3.8) is 0 Å². The highest BCUT2D eigenvalue weighted by Gasteiger charge is 2.00. The maximum atomic E-state index is 12.3. The Hall–Kier alpha value is -3.23. The topological polar surface area (TPSA) is 116 Å². The summed E-state index contributed by atoms with van der Waals surface area (Å²) in [6.45, 7) is 0. The van der Waals surface area contributed by atoms with Gasteiger partial charge in [-0.1, -0.05) is 0 Å². The summed E-state index contributed by atoms with van der Waals surface area (Å²) in [7, 11) is 2.74. The smallest absolute Gasteiger partial charge is 0.503 e. The number of phenols is 2. The number of aromatic hydroxyl groups is 2. The number of benzene rings is 2. The Labute approximate surface area is 135 Å². The number of carbonyl (C=O) groups is 1. The molecule has 24 heavy (non-hydrogen) atoms. The molecule has 2 rings (SSSR count). The molecule has 0 spiro atoms. The van der Waals surface area contributed by atoms with Crippen LogP contribution in [0.5, 0.6) is 23.0 Å². The van der Waals surface area contributed by atoms with Gasteiger partial charge in [0.15, 0.2) is 23.0 Å². The fraction of sp³-hybridized carbons (Fsp3) is 0.133. The van der Waals surface area contributed by atoms with Crippen LogP contribution in [0.15, 0.2) is 36.4 Å². The number of phenolic OH excluding ortho intramolecular Hbond substituents is 2. The van der Waals surface area contributed by atoms with Gasteiger partial charge in [-0.25, -0.2) is 13.6 Å². The largest absolute Gasteiger partial charge is 0.504 e. The van der Waals surface area contributed by atoms with Crippen LogP contribution in [0.25, 0.3) is 0 Å². The zero-order valence-corrected chi connectivity index (χ0v) is 12.7. The first-order valence-corrected chi connectivity index (χ1v) is 6.18. The zero-order valence-electron chi connectivity index (χ0n) is 12.7. The standard InChI is InChI=1S/2C7H7FO2.CH2O3/c2*1-10-7-4-5(8)2-3-6(7)9;2-1(3)4/h2*2-4,9H,1H3;(H2,2,3,4). The van der Waals surface area contributed by atoms with E-state index in [1.54, 1.807) is 0 Å². The van der Waals surface area contributed by atoms with Crippen molar-refractivity contribution >= 4 is 6.16 Å². The van der Waals surface area contributed by atoms with Crippen LogP contribution < -0.4 is 9.47 Å². The Kier molecular flexibility index (Phi) is 9.08. The third kappa shape index (κ3) is 8.27. The van der Waals surface area contributed by atoms with E-state index in [0.717, 1.165) is 24.3 Å². The molecule has 7 nitrogen and oxygen atoms in total. The maximum Gasteiger partial charge on any atom is 0.503 e. The third-order valence-corrected chi connectivity index (χ3v) is 2.28. The molecule has 0 aliphatic rings. The Bertz CT molecular complexity index is 607. The van der Waals surface area contributed by atoms with Gasteiger partial charge in [-0.2, -0.15) is 0 Å². The Morgan fingerprint density at radius 1 is 0.833 bits per heavy atom. The lowest BCUT2D eigenvalue weighted by molar-refractivity contribution is 0.137. The fourth-order valence-corrected chi connectivity index (χ4v) is 1.30. The predicted molar refractivity (Wildman–Crippen MR) is 79.9 cm³/mol. The second kappa shape index (κ2) is 10.5. The van der Waals surface area contributed by atoms with Crippen molar-refractivity contribution in [3.8, 4) is 23.0 Å². The Balaban J connectivity index is 0.000000363. The molecule has 2 aromatic rings. The third-order valence-electron chi connectivity index (χ3n) is 2.28. The maximum absolute atomic E-state index is 12.3. The minimum Gasteiger partial charge on any atom is -0.504 e. The zero-order chi connectivity index (χ0) is 18.7. The van der Waals surface area contributed by atoms with Gasteiger partial charge < -0.3 is 29.9 Å². The van der Waals surface area contributed by atoms with Crippen molar-refractivity contribution in [2.75, 3.05) is 14.2 Å². The number of rotatable bonds is 2. The van der Waals surface area contributed by atoms with E-state index in [0.29, 0.717) is 0 Å². The molecule has 9 heteroatoms. The quantitative estimate of drug-likeness (QED) is 0.659. The molecule has 0 amide bonds. The molecule has 0 saturated carbocycles. The van der Waals surface area contributed by atoms with Gasteiger partial charge in [-0.05, 0) is 24.3 Å². The summed E-state index contributed by atoms with van der Waals surface area (Å²) in [5.41, 5.74) is 0. The number of carboxylic acid groups (broad SMARTS) is 2. The predicted octanol–water partition coefficient (Wildman–Crippen LogP) is 3.30. The number of hydrogen-bond acceptors (Lipinski definition) is 5. The summed E-state index contributed by atoms with van der Waals surface area (Å²) in [6.07, 6.45) is -1.83. The van der Waals surface area contributed by atoms with Crippen LogP contribution in [-0.2, 0) is 0 Å². The molecule has 132 valence electrons. The van der Waals surface area contributed by atoms with Gasteiger partial charge in [-0.3, -0.25) is 0 Å². The van der Waals surface area contributed by atoms with E-state index in [-0.39, 0.29) is 23.0 Å². The van der Waals surface area contributed by atoms with Gasteiger partial charge in [0, 0.05) is 12.1 Å². The van der Waals surface area contributed by atoms with Gasteiger partial charge >= 0.3 is 6.16 Å². The van der Waals surface area contributed by atoms with E-state index < -0.39 is 17.8 Å². The molecule has 0 atom stereocenters. The van der Waals surface area contributed by atoms with Crippen LogP contribution in [0.3, 0.4) is 0 Å². The molecule has 0 saturated heterocycles. The molecule has 0 fully saturated rings. The molecule has 0 aliphatic heterocycles. The highest BCUT2D eigenvalue weighted by molar-refractivity contribution is 5.53. The molecule has 0 bridgehead atoms. The fourth-order valence-electron chi connectivity index (χ4n) is 1.30. The Morgan fingerprint density at radius 2 is 1.12 bits per heavy atom. The number of methoxy groups -OCH3 is 2. The van der Waals surface area contributed by atoms with Gasteiger partial charge in [0.2, 0.25) is 0 Å². The van der Waals surface area contributed by atoms with E-state index in [4.69, 9.17) is 25.2 Å². The molecular formula is C15H16F2O7. The normalized spacial score (nSPS) is 8.83. The minimum atomic E-state index is -1.83. The van der Waals surface area contributed by atoms with E-state index >= 15 is 0 Å². The highest BCUT2D eigenvalue weighted by atomic mass is 19.1. The summed E-state index contributed by atoms with van der Waals surface area (Å²) < 4.78 is 34.0. The highest BCUT2D eigenvalue weighted by Crippen LogP contribution is 2.25. The lowest BCUT2D eigenvalue weighted by Crippen LogP contribution is -1.83. The van der Waals surface area contributed by atoms with Crippen molar-refractivity contribution in [1.29, 1.82) is 0 Å². The Morgan fingerprint density at radius 3 is 1.33 bits per heavy atom. The van der Waals surface area contributed by atoms with E-state index in [1.165, 1.54) is 26.4 Å². The molecule has 0 aliphatic carbocycles. The first-order chi connectivity index (χ1) is 11.2. The second-order valence-corrected chi connectivity index (χ2v) is 3.91. The van der Waals surface area contributed by atoms with Gasteiger partial charge in [0.25, 0.3) is 0 Å².